The van der Waals surface area contributed by atoms with Crippen LogP contribution in [0.15, 0.2) is 36.4 Å². The van der Waals surface area contributed by atoms with Crippen molar-refractivity contribution in [2.24, 2.45) is 11.3 Å². The van der Waals surface area contributed by atoms with E-state index in [0.29, 0.717) is 30.4 Å². The first-order valence-corrected chi connectivity index (χ1v) is 14.5. The van der Waals surface area contributed by atoms with Crippen molar-refractivity contribution in [2.45, 2.75) is 57.7 Å². The monoisotopic (exact) mass is 611 g/mol. The van der Waals surface area contributed by atoms with Crippen LogP contribution in [0.5, 0.6) is 0 Å². The minimum atomic E-state index is -5.36. The highest BCUT2D eigenvalue weighted by atomic mass is 35.5. The number of anilines is 1. The Labute approximate surface area is 249 Å². The van der Waals surface area contributed by atoms with E-state index in [1.165, 1.54) is 0 Å². The summed E-state index contributed by atoms with van der Waals surface area (Å²) in [5, 5.41) is 10.4. The lowest BCUT2D eigenvalue weighted by atomic mass is 9.71. The third-order valence-corrected chi connectivity index (χ3v) is 9.08. The molecule has 0 saturated carbocycles. The molecule has 2 heterocycles. The van der Waals surface area contributed by atoms with Crippen LogP contribution in [-0.2, 0) is 10.4 Å². The van der Waals surface area contributed by atoms with Gasteiger partial charge < -0.3 is 19.8 Å². The van der Waals surface area contributed by atoms with Crippen LogP contribution in [0.1, 0.15) is 60.5 Å². The highest BCUT2D eigenvalue weighted by molar-refractivity contribution is 6.30. The van der Waals surface area contributed by atoms with Gasteiger partial charge in [-0.3, -0.25) is 9.59 Å². The molecule has 2 aliphatic rings. The molecule has 230 valence electrons. The number of rotatable bonds is 6. The Morgan fingerprint density at radius 3 is 2.19 bits per heavy atom. The first-order valence-electron chi connectivity index (χ1n) is 14.2. The highest BCUT2D eigenvalue weighted by Gasteiger charge is 2.62. The third-order valence-electron chi connectivity index (χ3n) is 8.87. The summed E-state index contributed by atoms with van der Waals surface area (Å²) in [6, 6.07) is 7.99. The second-order valence-electron chi connectivity index (χ2n) is 12.3. The summed E-state index contributed by atoms with van der Waals surface area (Å²) in [4.78, 5) is 30.4. The maximum atomic E-state index is 14.1. The van der Waals surface area contributed by atoms with E-state index in [2.05, 4.69) is 11.8 Å². The van der Waals surface area contributed by atoms with Gasteiger partial charge in [-0.05, 0) is 92.3 Å². The second-order valence-corrected chi connectivity index (χ2v) is 12.7. The molecule has 0 spiro atoms. The van der Waals surface area contributed by atoms with Crippen molar-refractivity contribution < 1.29 is 32.3 Å². The second kappa shape index (κ2) is 12.0. The largest absolute Gasteiger partial charge is 0.430 e. The van der Waals surface area contributed by atoms with Crippen molar-refractivity contribution in [3.63, 3.8) is 0 Å². The van der Waals surface area contributed by atoms with Gasteiger partial charge in [0, 0.05) is 62.1 Å². The Morgan fingerprint density at radius 2 is 1.67 bits per heavy atom. The zero-order valence-corrected chi connectivity index (χ0v) is 25.2. The molecule has 0 radical (unpaired) electrons. The van der Waals surface area contributed by atoms with Gasteiger partial charge in [-0.25, -0.2) is 4.39 Å². The number of nitrogens with zero attached hydrogens (tertiary/aromatic N) is 3. The smallest absolute Gasteiger partial charge is 0.372 e. The predicted molar refractivity (Wildman–Crippen MR) is 154 cm³/mol. The van der Waals surface area contributed by atoms with Gasteiger partial charge in [0.15, 0.2) is 0 Å². The van der Waals surface area contributed by atoms with Crippen molar-refractivity contribution in [1.82, 2.24) is 9.80 Å². The number of hydrogen-bond donors (Lipinski definition) is 1. The highest BCUT2D eigenvalue weighted by Crippen LogP contribution is 2.45. The Bertz CT molecular complexity index is 1300. The van der Waals surface area contributed by atoms with Gasteiger partial charge in [0.25, 0.3) is 17.4 Å². The Morgan fingerprint density at radius 1 is 1.05 bits per heavy atom. The number of amides is 2. The van der Waals surface area contributed by atoms with E-state index in [1.54, 1.807) is 19.0 Å². The molecule has 0 aromatic heterocycles. The standard InChI is InChI=1S/C31H38ClF4N3O3/c1-20-15-25(5-6-26(20)27(40)37(3)4)38-11-7-21(8-12-38)19-29(2)9-13-39(14-10-29)28(41)30(42,31(34,35)36)22-16-23(32)18-24(33)17-22/h5-6,15-18,21,42H,7-14,19H2,1-4H3/t30-/m0/s1. The molecule has 2 aliphatic heterocycles. The first kappa shape index (κ1) is 32.1. The number of carbonyl (C=O) groups excluding carboxylic acids is 2. The van der Waals surface area contributed by atoms with E-state index in [-0.39, 0.29) is 29.4 Å². The lowest BCUT2D eigenvalue weighted by Crippen LogP contribution is -2.57. The lowest BCUT2D eigenvalue weighted by Gasteiger charge is -2.45. The van der Waals surface area contributed by atoms with Crippen LogP contribution in [0.2, 0.25) is 5.02 Å². The molecule has 6 nitrogen and oxygen atoms in total. The van der Waals surface area contributed by atoms with Crippen LogP contribution in [0.4, 0.5) is 23.2 Å². The predicted octanol–water partition coefficient (Wildman–Crippen LogP) is 6.17. The number of likely N-dealkylation sites (tertiary alicyclic amines) is 1. The number of hydrogen-bond acceptors (Lipinski definition) is 4. The minimum Gasteiger partial charge on any atom is -0.372 e. The summed E-state index contributed by atoms with van der Waals surface area (Å²) in [7, 11) is 3.46. The fraction of sp³-hybridized carbons (Fsp3) is 0.548. The SMILES string of the molecule is Cc1cc(N2CCC(CC3(C)CCN(C(=O)[C@@](O)(c4cc(F)cc(Cl)c4)C(F)(F)F)CC3)CC2)ccc1C(=O)N(C)C. The van der Waals surface area contributed by atoms with Gasteiger partial charge in [0.2, 0.25) is 0 Å². The van der Waals surface area contributed by atoms with Crippen molar-refractivity contribution in [3.05, 3.63) is 63.9 Å². The molecule has 0 bridgehead atoms. The van der Waals surface area contributed by atoms with E-state index in [0.717, 1.165) is 60.6 Å². The topological polar surface area (TPSA) is 64.1 Å². The molecule has 11 heteroatoms. The summed E-state index contributed by atoms with van der Waals surface area (Å²) in [6.45, 7) is 5.89. The van der Waals surface area contributed by atoms with E-state index in [1.807, 2.05) is 25.1 Å². The van der Waals surface area contributed by atoms with Crippen LogP contribution in [-0.4, -0.2) is 73.2 Å². The number of aliphatic hydroxyl groups is 1. The van der Waals surface area contributed by atoms with Gasteiger partial charge in [-0.2, -0.15) is 13.2 Å². The summed E-state index contributed by atoms with van der Waals surface area (Å²) < 4.78 is 56.2. The number of piperidine rings is 2. The third kappa shape index (κ3) is 6.54. The van der Waals surface area contributed by atoms with E-state index in [4.69, 9.17) is 11.6 Å². The van der Waals surface area contributed by atoms with Crippen LogP contribution >= 0.6 is 11.6 Å². The van der Waals surface area contributed by atoms with E-state index >= 15 is 0 Å². The molecular weight excluding hydrogens is 574 g/mol. The molecule has 1 N–H and O–H groups in total. The molecule has 2 saturated heterocycles. The summed E-state index contributed by atoms with van der Waals surface area (Å²) in [5.41, 5.74) is -2.29. The van der Waals surface area contributed by atoms with Crippen LogP contribution in [0.3, 0.4) is 0 Å². The summed E-state index contributed by atoms with van der Waals surface area (Å²) in [6.07, 6.45) is -1.56. The van der Waals surface area contributed by atoms with Gasteiger partial charge in [0.05, 0.1) is 0 Å². The molecule has 0 unspecified atom stereocenters. The number of alkyl halides is 3. The molecule has 1 atom stereocenters. The molecule has 2 amide bonds. The fourth-order valence-corrected chi connectivity index (χ4v) is 6.49. The van der Waals surface area contributed by atoms with Gasteiger partial charge in [0.1, 0.15) is 5.82 Å². The van der Waals surface area contributed by atoms with Crippen LogP contribution < -0.4 is 4.90 Å². The Balaban J connectivity index is 1.36. The maximum absolute atomic E-state index is 14.1. The van der Waals surface area contributed by atoms with Gasteiger partial charge >= 0.3 is 6.18 Å². The molecule has 2 aromatic rings. The Hall–Kier alpha value is -2.85. The maximum Gasteiger partial charge on any atom is 0.430 e. The van der Waals surface area contributed by atoms with Crippen molar-refractivity contribution in [3.8, 4) is 0 Å². The van der Waals surface area contributed by atoms with Crippen LogP contribution in [0, 0.1) is 24.1 Å². The average Bonchev–Trinajstić information content (AvgIpc) is 2.91. The van der Waals surface area contributed by atoms with E-state index < -0.39 is 29.1 Å². The summed E-state index contributed by atoms with van der Waals surface area (Å²) in [5.74, 6) is -2.18. The van der Waals surface area contributed by atoms with Gasteiger partial charge in [-0.1, -0.05) is 18.5 Å². The van der Waals surface area contributed by atoms with Crippen LogP contribution in [0.25, 0.3) is 0 Å². The fourth-order valence-electron chi connectivity index (χ4n) is 6.27. The minimum absolute atomic E-state index is 0.0276. The number of benzene rings is 2. The first-order chi connectivity index (χ1) is 19.5. The number of carbonyl (C=O) groups is 2. The lowest BCUT2D eigenvalue weighted by molar-refractivity contribution is -0.262. The molecular formula is C31H38ClF4N3O3. The van der Waals surface area contributed by atoms with Gasteiger partial charge in [-0.15, -0.1) is 0 Å². The Kier molecular flexibility index (Phi) is 9.19. The van der Waals surface area contributed by atoms with Crippen molar-refractivity contribution in [1.29, 1.82) is 0 Å². The molecule has 2 aromatic carbocycles. The number of aryl methyl sites for hydroxylation is 1. The van der Waals surface area contributed by atoms with Crippen molar-refractivity contribution in [2.75, 3.05) is 45.2 Å². The zero-order chi connectivity index (χ0) is 31.0. The zero-order valence-electron chi connectivity index (χ0n) is 24.4. The average molecular weight is 612 g/mol. The van der Waals surface area contributed by atoms with E-state index in [9.17, 15) is 32.3 Å². The molecule has 4 rings (SSSR count). The van der Waals surface area contributed by atoms with Crippen molar-refractivity contribution >= 4 is 29.1 Å². The number of halogens is 5. The summed E-state index contributed by atoms with van der Waals surface area (Å²) >= 11 is 5.75. The molecule has 0 aliphatic carbocycles. The molecule has 42 heavy (non-hydrogen) atoms. The normalized spacial score (nSPS) is 19.4. The quantitative estimate of drug-likeness (QED) is 0.397. The molecule has 2 fully saturated rings.